The fourth-order valence-electron chi connectivity index (χ4n) is 1.95. The predicted octanol–water partition coefficient (Wildman–Crippen LogP) is 3.40. The van der Waals surface area contributed by atoms with Crippen molar-refractivity contribution in [2.24, 2.45) is 0 Å². The highest BCUT2D eigenvalue weighted by Gasteiger charge is 2.13. The molecule has 3 heteroatoms. The van der Waals surface area contributed by atoms with Gasteiger partial charge in [-0.3, -0.25) is 0 Å². The second-order valence-corrected chi connectivity index (χ2v) is 5.74. The van der Waals surface area contributed by atoms with Crippen LogP contribution in [0.25, 0.3) is 0 Å². The Hall–Kier alpha value is -0.670. The van der Waals surface area contributed by atoms with E-state index in [0.29, 0.717) is 0 Å². The van der Waals surface area contributed by atoms with Crippen molar-refractivity contribution >= 4 is 17.4 Å². The number of ether oxygens (including phenoxy) is 1. The molecule has 94 valence electrons. The highest BCUT2D eigenvalue weighted by atomic mass is 32.2. The van der Waals surface area contributed by atoms with E-state index in [1.807, 2.05) is 6.07 Å². The van der Waals surface area contributed by atoms with E-state index in [9.17, 15) is 0 Å². The summed E-state index contributed by atoms with van der Waals surface area (Å²) in [5.41, 5.74) is 1.23. The molecular formula is C14H21NOS. The molecule has 1 heterocycles. The van der Waals surface area contributed by atoms with Gasteiger partial charge in [-0.25, -0.2) is 0 Å². The molecule has 1 aromatic carbocycles. The number of thioether (sulfide) groups is 1. The topological polar surface area (TPSA) is 21.3 Å². The van der Waals surface area contributed by atoms with Gasteiger partial charge in [0.15, 0.2) is 0 Å². The lowest BCUT2D eigenvalue weighted by molar-refractivity contribution is 0.100. The molecule has 0 bridgehead atoms. The first-order valence-electron chi connectivity index (χ1n) is 6.43. The van der Waals surface area contributed by atoms with Crippen LogP contribution in [0.3, 0.4) is 0 Å². The zero-order valence-corrected chi connectivity index (χ0v) is 11.0. The van der Waals surface area contributed by atoms with Crippen molar-refractivity contribution in [2.75, 3.05) is 30.8 Å². The average Bonchev–Trinajstić information content (AvgIpc) is 2.41. The Labute approximate surface area is 108 Å². The number of anilines is 1. The third-order valence-electron chi connectivity index (χ3n) is 2.95. The standard InChI is InChI=1S/C14H21NOS/c1-2-5-13(6-3-1)15-9-4-12-17-14-7-10-16-11-8-14/h1-3,5-6,14-15H,4,7-12H2. The number of benzene rings is 1. The SMILES string of the molecule is c1ccc(NCCCSC2CCOCC2)cc1. The van der Waals surface area contributed by atoms with Crippen molar-refractivity contribution in [1.82, 2.24) is 0 Å². The van der Waals surface area contributed by atoms with Gasteiger partial charge in [0.1, 0.15) is 0 Å². The third kappa shape index (κ3) is 5.00. The number of para-hydroxylation sites is 1. The first kappa shape index (κ1) is 12.8. The van der Waals surface area contributed by atoms with Crippen LogP contribution >= 0.6 is 11.8 Å². The van der Waals surface area contributed by atoms with E-state index >= 15 is 0 Å². The Balaban J connectivity index is 1.51. The van der Waals surface area contributed by atoms with Crippen molar-refractivity contribution in [3.05, 3.63) is 30.3 Å². The number of hydrogen-bond donors (Lipinski definition) is 1. The minimum atomic E-state index is 0.834. The van der Waals surface area contributed by atoms with Gasteiger partial charge in [0.05, 0.1) is 0 Å². The lowest BCUT2D eigenvalue weighted by atomic mass is 10.2. The summed E-state index contributed by atoms with van der Waals surface area (Å²) in [6, 6.07) is 10.4. The van der Waals surface area contributed by atoms with Gasteiger partial charge >= 0.3 is 0 Å². The molecule has 0 unspecified atom stereocenters. The molecule has 1 aliphatic rings. The molecule has 1 saturated heterocycles. The molecule has 1 aromatic rings. The van der Waals surface area contributed by atoms with Gasteiger partial charge in [0.25, 0.3) is 0 Å². The van der Waals surface area contributed by atoms with Crippen LogP contribution in [0.2, 0.25) is 0 Å². The number of nitrogens with one attached hydrogen (secondary N) is 1. The van der Waals surface area contributed by atoms with E-state index in [4.69, 9.17) is 4.74 Å². The third-order valence-corrected chi connectivity index (χ3v) is 4.41. The summed E-state index contributed by atoms with van der Waals surface area (Å²) >= 11 is 2.11. The molecule has 2 rings (SSSR count). The van der Waals surface area contributed by atoms with E-state index in [2.05, 4.69) is 41.3 Å². The van der Waals surface area contributed by atoms with Gasteiger partial charge in [0.2, 0.25) is 0 Å². The largest absolute Gasteiger partial charge is 0.385 e. The van der Waals surface area contributed by atoms with Gasteiger partial charge in [-0.05, 0) is 37.1 Å². The molecule has 2 nitrogen and oxygen atoms in total. The Bertz CT molecular complexity index is 298. The lowest BCUT2D eigenvalue weighted by Gasteiger charge is -2.21. The summed E-state index contributed by atoms with van der Waals surface area (Å²) < 4.78 is 5.36. The van der Waals surface area contributed by atoms with Crippen molar-refractivity contribution < 1.29 is 4.74 Å². The van der Waals surface area contributed by atoms with Crippen LogP contribution in [0.5, 0.6) is 0 Å². The van der Waals surface area contributed by atoms with Gasteiger partial charge in [-0.1, -0.05) is 18.2 Å². The monoisotopic (exact) mass is 251 g/mol. The van der Waals surface area contributed by atoms with Gasteiger partial charge in [0, 0.05) is 30.7 Å². The van der Waals surface area contributed by atoms with Crippen LogP contribution in [-0.2, 0) is 4.74 Å². The Morgan fingerprint density at radius 3 is 2.71 bits per heavy atom. The molecule has 0 spiro atoms. The fourth-order valence-corrected chi connectivity index (χ4v) is 3.12. The summed E-state index contributed by atoms with van der Waals surface area (Å²) in [6.45, 7) is 2.99. The summed E-state index contributed by atoms with van der Waals surface area (Å²) in [5.74, 6) is 1.25. The van der Waals surface area contributed by atoms with Crippen LogP contribution in [0.4, 0.5) is 5.69 Å². The minimum absolute atomic E-state index is 0.834. The molecular weight excluding hydrogens is 230 g/mol. The molecule has 0 atom stereocenters. The first-order valence-corrected chi connectivity index (χ1v) is 7.48. The summed E-state index contributed by atoms with van der Waals surface area (Å²) in [6.07, 6.45) is 3.70. The normalized spacial score (nSPS) is 16.9. The Morgan fingerprint density at radius 1 is 1.18 bits per heavy atom. The zero-order valence-electron chi connectivity index (χ0n) is 10.2. The van der Waals surface area contributed by atoms with E-state index in [1.54, 1.807) is 0 Å². The average molecular weight is 251 g/mol. The van der Waals surface area contributed by atoms with Gasteiger partial charge in [-0.2, -0.15) is 11.8 Å². The molecule has 17 heavy (non-hydrogen) atoms. The molecule has 0 saturated carbocycles. The zero-order chi connectivity index (χ0) is 11.8. The maximum absolute atomic E-state index is 5.36. The molecule has 1 N–H and O–H groups in total. The number of hydrogen-bond acceptors (Lipinski definition) is 3. The van der Waals surface area contributed by atoms with Crippen LogP contribution in [-0.4, -0.2) is 30.8 Å². The second-order valence-electron chi connectivity index (χ2n) is 4.33. The number of rotatable bonds is 6. The second kappa shape index (κ2) is 7.62. The van der Waals surface area contributed by atoms with Crippen LogP contribution in [0.1, 0.15) is 19.3 Å². The summed E-state index contributed by atoms with van der Waals surface area (Å²) in [7, 11) is 0. The Kier molecular flexibility index (Phi) is 5.73. The molecule has 0 aliphatic carbocycles. The first-order chi connectivity index (χ1) is 8.45. The maximum atomic E-state index is 5.36. The fraction of sp³-hybridized carbons (Fsp3) is 0.571. The molecule has 0 amide bonds. The van der Waals surface area contributed by atoms with Crippen molar-refractivity contribution in [2.45, 2.75) is 24.5 Å². The van der Waals surface area contributed by atoms with E-state index in [-0.39, 0.29) is 0 Å². The lowest BCUT2D eigenvalue weighted by Crippen LogP contribution is -2.18. The molecule has 1 fully saturated rings. The van der Waals surface area contributed by atoms with E-state index in [1.165, 1.54) is 30.7 Å². The van der Waals surface area contributed by atoms with E-state index < -0.39 is 0 Å². The van der Waals surface area contributed by atoms with Crippen molar-refractivity contribution in [3.8, 4) is 0 Å². The molecule has 1 aliphatic heterocycles. The maximum Gasteiger partial charge on any atom is 0.0476 e. The summed E-state index contributed by atoms with van der Waals surface area (Å²) in [4.78, 5) is 0. The van der Waals surface area contributed by atoms with E-state index in [0.717, 1.165) is 25.0 Å². The Morgan fingerprint density at radius 2 is 1.94 bits per heavy atom. The highest BCUT2D eigenvalue weighted by molar-refractivity contribution is 7.99. The highest BCUT2D eigenvalue weighted by Crippen LogP contribution is 2.22. The van der Waals surface area contributed by atoms with Crippen molar-refractivity contribution in [1.29, 1.82) is 0 Å². The van der Waals surface area contributed by atoms with Crippen molar-refractivity contribution in [3.63, 3.8) is 0 Å². The smallest absolute Gasteiger partial charge is 0.0476 e. The van der Waals surface area contributed by atoms with Crippen LogP contribution < -0.4 is 5.32 Å². The summed E-state index contributed by atoms with van der Waals surface area (Å²) in [5, 5.41) is 4.28. The van der Waals surface area contributed by atoms with Crippen LogP contribution in [0.15, 0.2) is 30.3 Å². The molecule has 0 radical (unpaired) electrons. The van der Waals surface area contributed by atoms with Gasteiger partial charge < -0.3 is 10.1 Å². The quantitative estimate of drug-likeness (QED) is 0.783. The predicted molar refractivity (Wildman–Crippen MR) is 75.8 cm³/mol. The molecule has 0 aromatic heterocycles. The van der Waals surface area contributed by atoms with Crippen LogP contribution in [0, 0.1) is 0 Å². The minimum Gasteiger partial charge on any atom is -0.385 e. The van der Waals surface area contributed by atoms with Gasteiger partial charge in [-0.15, -0.1) is 0 Å².